The van der Waals surface area contributed by atoms with Gasteiger partial charge in [0.05, 0.1) is 6.61 Å². The third-order valence-electron chi connectivity index (χ3n) is 3.49. The quantitative estimate of drug-likeness (QED) is 0.654. The van der Waals surface area contributed by atoms with Crippen molar-refractivity contribution in [3.8, 4) is 5.75 Å². The minimum Gasteiger partial charge on any atom is -0.494 e. The van der Waals surface area contributed by atoms with Crippen molar-refractivity contribution in [3.05, 3.63) is 30.3 Å². The molecule has 1 atom stereocenters. The smallest absolute Gasteiger partial charge is 0.119 e. The molecule has 1 aromatic rings. The Labute approximate surface area is 131 Å². The standard InChI is InChI=1S/C19H33NO/c1-16(2)14-17(15-20-19(3,4)5)10-9-13-21-18-11-7-6-8-12-18/h6-8,11-12,16-17,20H,9-10,13-15H2,1-5H3. The van der Waals surface area contributed by atoms with E-state index in [4.69, 9.17) is 4.74 Å². The first-order valence-electron chi connectivity index (χ1n) is 8.29. The SMILES string of the molecule is CC(C)CC(CCCOc1ccccc1)CNC(C)(C)C. The van der Waals surface area contributed by atoms with Crippen molar-refractivity contribution in [2.24, 2.45) is 11.8 Å². The number of rotatable bonds is 9. The molecule has 0 spiro atoms. The molecule has 2 nitrogen and oxygen atoms in total. The molecule has 1 aromatic carbocycles. The van der Waals surface area contributed by atoms with Crippen LogP contribution >= 0.6 is 0 Å². The van der Waals surface area contributed by atoms with Crippen LogP contribution in [0.15, 0.2) is 30.3 Å². The Morgan fingerprint density at radius 1 is 1.10 bits per heavy atom. The lowest BCUT2D eigenvalue weighted by atomic mass is 9.92. The molecule has 0 bridgehead atoms. The van der Waals surface area contributed by atoms with Gasteiger partial charge in [-0.2, -0.15) is 0 Å². The van der Waals surface area contributed by atoms with Crippen molar-refractivity contribution >= 4 is 0 Å². The third kappa shape index (κ3) is 9.52. The van der Waals surface area contributed by atoms with Gasteiger partial charge in [-0.1, -0.05) is 32.0 Å². The molecular formula is C19H33NO. The predicted molar refractivity (Wildman–Crippen MR) is 91.9 cm³/mol. The van der Waals surface area contributed by atoms with Crippen molar-refractivity contribution in [3.63, 3.8) is 0 Å². The fourth-order valence-electron chi connectivity index (χ4n) is 2.50. The van der Waals surface area contributed by atoms with Gasteiger partial charge in [0.25, 0.3) is 0 Å². The first kappa shape index (κ1) is 18.0. The molecule has 1 rings (SSSR count). The van der Waals surface area contributed by atoms with E-state index >= 15 is 0 Å². The highest BCUT2D eigenvalue weighted by atomic mass is 16.5. The van der Waals surface area contributed by atoms with Crippen LogP contribution in [0.1, 0.15) is 53.9 Å². The molecule has 0 radical (unpaired) electrons. The topological polar surface area (TPSA) is 21.3 Å². The maximum Gasteiger partial charge on any atom is 0.119 e. The van der Waals surface area contributed by atoms with Crippen molar-refractivity contribution < 1.29 is 4.74 Å². The molecule has 2 heteroatoms. The summed E-state index contributed by atoms with van der Waals surface area (Å²) in [6.45, 7) is 13.2. The Morgan fingerprint density at radius 3 is 2.33 bits per heavy atom. The third-order valence-corrected chi connectivity index (χ3v) is 3.49. The van der Waals surface area contributed by atoms with Crippen molar-refractivity contribution in [1.29, 1.82) is 0 Å². The molecule has 0 saturated carbocycles. The van der Waals surface area contributed by atoms with E-state index in [0.717, 1.165) is 37.2 Å². The molecule has 0 fully saturated rings. The lowest BCUT2D eigenvalue weighted by molar-refractivity contribution is 0.267. The fourth-order valence-corrected chi connectivity index (χ4v) is 2.50. The van der Waals surface area contributed by atoms with Crippen LogP contribution in [0.3, 0.4) is 0 Å². The molecule has 0 amide bonds. The van der Waals surface area contributed by atoms with Crippen molar-refractivity contribution in [1.82, 2.24) is 5.32 Å². The Balaban J connectivity index is 2.28. The lowest BCUT2D eigenvalue weighted by Crippen LogP contribution is -2.39. The monoisotopic (exact) mass is 291 g/mol. The summed E-state index contributed by atoms with van der Waals surface area (Å²) in [5, 5.41) is 3.65. The van der Waals surface area contributed by atoms with Gasteiger partial charge < -0.3 is 10.1 Å². The minimum absolute atomic E-state index is 0.204. The number of nitrogens with one attached hydrogen (secondary N) is 1. The molecule has 120 valence electrons. The van der Waals surface area contributed by atoms with E-state index in [2.05, 4.69) is 39.9 Å². The van der Waals surface area contributed by atoms with Gasteiger partial charge in [-0.3, -0.25) is 0 Å². The maximum atomic E-state index is 5.79. The summed E-state index contributed by atoms with van der Waals surface area (Å²) in [5.41, 5.74) is 0.204. The van der Waals surface area contributed by atoms with E-state index in [-0.39, 0.29) is 5.54 Å². The van der Waals surface area contributed by atoms with Gasteiger partial charge in [0, 0.05) is 5.54 Å². The van der Waals surface area contributed by atoms with Crippen LogP contribution in [0.25, 0.3) is 0 Å². The second-order valence-electron chi connectivity index (χ2n) is 7.43. The zero-order valence-corrected chi connectivity index (χ0v) is 14.5. The molecule has 1 unspecified atom stereocenters. The second kappa shape index (κ2) is 9.09. The van der Waals surface area contributed by atoms with Crippen LogP contribution in [-0.4, -0.2) is 18.7 Å². The highest BCUT2D eigenvalue weighted by Crippen LogP contribution is 2.18. The van der Waals surface area contributed by atoms with Crippen LogP contribution in [0, 0.1) is 11.8 Å². The van der Waals surface area contributed by atoms with Crippen LogP contribution in [-0.2, 0) is 0 Å². The van der Waals surface area contributed by atoms with Crippen LogP contribution in [0.5, 0.6) is 5.75 Å². The number of para-hydroxylation sites is 1. The van der Waals surface area contributed by atoms with Gasteiger partial charge >= 0.3 is 0 Å². The van der Waals surface area contributed by atoms with E-state index in [0.29, 0.717) is 0 Å². The first-order valence-corrected chi connectivity index (χ1v) is 8.29. The van der Waals surface area contributed by atoms with Gasteiger partial charge in [-0.25, -0.2) is 0 Å². The molecule has 1 N–H and O–H groups in total. The van der Waals surface area contributed by atoms with E-state index in [1.54, 1.807) is 0 Å². The number of ether oxygens (including phenoxy) is 1. The zero-order valence-electron chi connectivity index (χ0n) is 14.5. The van der Waals surface area contributed by atoms with Crippen molar-refractivity contribution in [2.45, 2.75) is 59.4 Å². The molecule has 0 aliphatic heterocycles. The Bertz CT molecular complexity index is 367. The van der Waals surface area contributed by atoms with Gasteiger partial charge in [0.2, 0.25) is 0 Å². The van der Waals surface area contributed by atoms with E-state index < -0.39 is 0 Å². The average molecular weight is 291 g/mol. The normalized spacial score (nSPS) is 13.4. The zero-order chi connectivity index (χ0) is 15.7. The Morgan fingerprint density at radius 2 is 1.76 bits per heavy atom. The van der Waals surface area contributed by atoms with E-state index in [9.17, 15) is 0 Å². The Hall–Kier alpha value is -1.02. The van der Waals surface area contributed by atoms with Gasteiger partial charge in [-0.15, -0.1) is 0 Å². The summed E-state index contributed by atoms with van der Waals surface area (Å²) >= 11 is 0. The summed E-state index contributed by atoms with van der Waals surface area (Å²) < 4.78 is 5.79. The van der Waals surface area contributed by atoms with Crippen LogP contribution < -0.4 is 10.1 Å². The minimum atomic E-state index is 0.204. The fraction of sp³-hybridized carbons (Fsp3) is 0.684. The van der Waals surface area contributed by atoms with Crippen LogP contribution in [0.2, 0.25) is 0 Å². The number of hydrogen-bond acceptors (Lipinski definition) is 2. The molecule has 21 heavy (non-hydrogen) atoms. The molecule has 0 aliphatic carbocycles. The highest BCUT2D eigenvalue weighted by Gasteiger charge is 2.15. The molecule has 0 aliphatic rings. The number of benzene rings is 1. The largest absolute Gasteiger partial charge is 0.494 e. The Kier molecular flexibility index (Phi) is 7.81. The molecule has 0 heterocycles. The first-order chi connectivity index (χ1) is 9.87. The average Bonchev–Trinajstić information content (AvgIpc) is 2.40. The van der Waals surface area contributed by atoms with E-state index in [1.807, 2.05) is 30.3 Å². The van der Waals surface area contributed by atoms with Gasteiger partial charge in [0.1, 0.15) is 5.75 Å². The van der Waals surface area contributed by atoms with Crippen LogP contribution in [0.4, 0.5) is 0 Å². The van der Waals surface area contributed by atoms with Gasteiger partial charge in [-0.05, 0) is 70.5 Å². The summed E-state index contributed by atoms with van der Waals surface area (Å²) in [6, 6.07) is 10.1. The van der Waals surface area contributed by atoms with Gasteiger partial charge in [0.15, 0.2) is 0 Å². The number of hydrogen-bond donors (Lipinski definition) is 1. The summed E-state index contributed by atoms with van der Waals surface area (Å²) in [4.78, 5) is 0. The molecular weight excluding hydrogens is 258 g/mol. The molecule has 0 saturated heterocycles. The molecule has 0 aromatic heterocycles. The second-order valence-corrected chi connectivity index (χ2v) is 7.43. The van der Waals surface area contributed by atoms with E-state index in [1.165, 1.54) is 12.8 Å². The summed E-state index contributed by atoms with van der Waals surface area (Å²) in [7, 11) is 0. The predicted octanol–water partition coefficient (Wildman–Crippen LogP) is 4.90. The highest BCUT2D eigenvalue weighted by molar-refractivity contribution is 5.20. The lowest BCUT2D eigenvalue weighted by Gasteiger charge is -2.26. The summed E-state index contributed by atoms with van der Waals surface area (Å²) in [5.74, 6) is 2.47. The summed E-state index contributed by atoms with van der Waals surface area (Å²) in [6.07, 6.45) is 3.64. The van der Waals surface area contributed by atoms with Crippen molar-refractivity contribution in [2.75, 3.05) is 13.2 Å². The maximum absolute atomic E-state index is 5.79.